The Morgan fingerprint density at radius 1 is 0.964 bits per heavy atom. The van der Waals surface area contributed by atoms with Gasteiger partial charge in [0.25, 0.3) is 0 Å². The standard InChI is InChI=1S/C20H19NO6S/c1-25-18-11-9-16(10-12-18)14-21(15-19-8-5-13-26-19)28(23,24)27-20(22)17-6-3-2-4-7-17/h2-13H,14-15H2,1H3. The second kappa shape index (κ2) is 8.73. The van der Waals surface area contributed by atoms with E-state index in [-0.39, 0.29) is 18.7 Å². The van der Waals surface area contributed by atoms with E-state index in [0.29, 0.717) is 17.1 Å². The summed E-state index contributed by atoms with van der Waals surface area (Å²) in [5, 5.41) is 0. The minimum atomic E-state index is -4.37. The molecule has 0 radical (unpaired) electrons. The maximum atomic E-state index is 12.8. The van der Waals surface area contributed by atoms with Crippen LogP contribution in [-0.4, -0.2) is 25.8 Å². The molecule has 0 saturated carbocycles. The molecule has 0 unspecified atom stereocenters. The van der Waals surface area contributed by atoms with Gasteiger partial charge in [-0.15, -0.1) is 0 Å². The third-order valence-electron chi connectivity index (χ3n) is 3.94. The van der Waals surface area contributed by atoms with Crippen LogP contribution >= 0.6 is 0 Å². The topological polar surface area (TPSA) is 86.1 Å². The van der Waals surface area contributed by atoms with Gasteiger partial charge in [0, 0.05) is 6.54 Å². The van der Waals surface area contributed by atoms with Gasteiger partial charge in [-0.05, 0) is 42.0 Å². The Hall–Kier alpha value is -3.10. The van der Waals surface area contributed by atoms with Gasteiger partial charge in [0.15, 0.2) is 0 Å². The SMILES string of the molecule is COc1ccc(CN(Cc2ccco2)S(=O)(=O)OC(=O)c2ccccc2)cc1. The average Bonchev–Trinajstić information content (AvgIpc) is 3.21. The molecular formula is C20H19NO6S. The average molecular weight is 401 g/mol. The summed E-state index contributed by atoms with van der Waals surface area (Å²) in [6.07, 6.45) is 1.45. The molecule has 28 heavy (non-hydrogen) atoms. The molecule has 1 aromatic heterocycles. The molecule has 0 atom stereocenters. The van der Waals surface area contributed by atoms with Gasteiger partial charge in [-0.1, -0.05) is 30.3 Å². The molecule has 0 aliphatic heterocycles. The highest BCUT2D eigenvalue weighted by molar-refractivity contribution is 7.84. The van der Waals surface area contributed by atoms with Crippen LogP contribution in [0.2, 0.25) is 0 Å². The number of furan rings is 1. The minimum absolute atomic E-state index is 0.00486. The number of methoxy groups -OCH3 is 1. The fraction of sp³-hybridized carbons (Fsp3) is 0.150. The first-order valence-corrected chi connectivity index (χ1v) is 9.79. The fourth-order valence-electron chi connectivity index (χ4n) is 2.50. The minimum Gasteiger partial charge on any atom is -0.497 e. The largest absolute Gasteiger partial charge is 0.497 e. The molecule has 1 heterocycles. The first-order valence-electron chi connectivity index (χ1n) is 8.42. The van der Waals surface area contributed by atoms with Crippen molar-refractivity contribution < 1.29 is 26.5 Å². The van der Waals surface area contributed by atoms with Crippen molar-refractivity contribution in [3.63, 3.8) is 0 Å². The summed E-state index contributed by atoms with van der Waals surface area (Å²) in [6, 6.07) is 18.2. The van der Waals surface area contributed by atoms with Gasteiger partial charge in [-0.2, -0.15) is 12.7 Å². The lowest BCUT2D eigenvalue weighted by Gasteiger charge is -2.20. The molecule has 8 heteroatoms. The number of hydrogen-bond donors (Lipinski definition) is 0. The molecule has 0 amide bonds. The molecule has 3 rings (SSSR count). The van der Waals surface area contributed by atoms with Crippen LogP contribution in [0.15, 0.2) is 77.4 Å². The van der Waals surface area contributed by atoms with Crippen LogP contribution in [0.3, 0.4) is 0 Å². The second-order valence-corrected chi connectivity index (χ2v) is 7.43. The number of nitrogens with zero attached hydrogens (tertiary/aromatic N) is 1. The molecule has 146 valence electrons. The van der Waals surface area contributed by atoms with Crippen LogP contribution < -0.4 is 4.74 Å². The highest BCUT2D eigenvalue weighted by atomic mass is 32.2. The molecule has 0 bridgehead atoms. The lowest BCUT2D eigenvalue weighted by Crippen LogP contribution is -2.33. The molecule has 0 aliphatic carbocycles. The van der Waals surface area contributed by atoms with Gasteiger partial charge >= 0.3 is 16.3 Å². The van der Waals surface area contributed by atoms with E-state index in [1.165, 1.54) is 18.4 Å². The maximum absolute atomic E-state index is 12.8. The first-order chi connectivity index (χ1) is 13.5. The van der Waals surface area contributed by atoms with Gasteiger partial charge in [-0.25, -0.2) is 4.79 Å². The predicted molar refractivity (Wildman–Crippen MR) is 102 cm³/mol. The van der Waals surface area contributed by atoms with E-state index >= 15 is 0 Å². The third kappa shape index (κ3) is 4.99. The monoisotopic (exact) mass is 401 g/mol. The van der Waals surface area contributed by atoms with E-state index in [2.05, 4.69) is 0 Å². The molecule has 3 aromatic rings. The molecule has 2 aromatic carbocycles. The molecule has 7 nitrogen and oxygen atoms in total. The lowest BCUT2D eigenvalue weighted by atomic mass is 10.2. The van der Waals surface area contributed by atoms with Gasteiger partial charge in [0.05, 0.1) is 25.5 Å². The van der Waals surface area contributed by atoms with Crippen molar-refractivity contribution in [1.29, 1.82) is 0 Å². The number of hydrogen-bond acceptors (Lipinski definition) is 6. The third-order valence-corrected chi connectivity index (χ3v) is 5.19. The zero-order valence-corrected chi connectivity index (χ0v) is 16.0. The van der Waals surface area contributed by atoms with E-state index < -0.39 is 16.3 Å². The number of benzene rings is 2. The smallest absolute Gasteiger partial charge is 0.388 e. The number of ether oxygens (including phenoxy) is 1. The van der Waals surface area contributed by atoms with E-state index in [1.54, 1.807) is 61.7 Å². The van der Waals surface area contributed by atoms with E-state index in [4.69, 9.17) is 13.3 Å². The number of carbonyl (C=O) groups is 1. The molecule has 0 N–H and O–H groups in total. The first kappa shape index (κ1) is 19.7. The van der Waals surface area contributed by atoms with Crippen molar-refractivity contribution in [2.45, 2.75) is 13.1 Å². The van der Waals surface area contributed by atoms with Crippen LogP contribution in [0.25, 0.3) is 0 Å². The maximum Gasteiger partial charge on any atom is 0.388 e. The molecular weight excluding hydrogens is 382 g/mol. The Morgan fingerprint density at radius 2 is 1.68 bits per heavy atom. The Kier molecular flexibility index (Phi) is 6.13. The van der Waals surface area contributed by atoms with Crippen LogP contribution in [0.1, 0.15) is 21.7 Å². The Labute approximate surface area is 163 Å². The lowest BCUT2D eigenvalue weighted by molar-refractivity contribution is 0.0728. The van der Waals surface area contributed by atoms with Crippen molar-refractivity contribution in [3.05, 3.63) is 89.9 Å². The number of carbonyl (C=O) groups excluding carboxylic acids is 1. The normalized spacial score (nSPS) is 11.4. The van der Waals surface area contributed by atoms with E-state index in [9.17, 15) is 13.2 Å². The highest BCUT2D eigenvalue weighted by Gasteiger charge is 2.28. The van der Waals surface area contributed by atoms with Crippen molar-refractivity contribution >= 4 is 16.3 Å². The highest BCUT2D eigenvalue weighted by Crippen LogP contribution is 2.19. The van der Waals surface area contributed by atoms with Crippen molar-refractivity contribution in [1.82, 2.24) is 4.31 Å². The summed E-state index contributed by atoms with van der Waals surface area (Å²) in [5.41, 5.74) is 0.847. The van der Waals surface area contributed by atoms with Gasteiger partial charge in [0.2, 0.25) is 0 Å². The van der Waals surface area contributed by atoms with Crippen molar-refractivity contribution in [2.24, 2.45) is 0 Å². The Bertz CT molecular complexity index is 999. The number of rotatable bonds is 8. The van der Waals surface area contributed by atoms with E-state index in [0.717, 1.165) is 4.31 Å². The predicted octanol–water partition coefficient (Wildman–Crippen LogP) is 3.39. The summed E-state index contributed by atoms with van der Waals surface area (Å²) in [4.78, 5) is 12.2. The van der Waals surface area contributed by atoms with Gasteiger partial charge in [-0.3, -0.25) is 0 Å². The van der Waals surface area contributed by atoms with Crippen LogP contribution in [0, 0.1) is 0 Å². The van der Waals surface area contributed by atoms with Gasteiger partial charge in [0.1, 0.15) is 11.5 Å². The molecule has 0 aliphatic rings. The van der Waals surface area contributed by atoms with E-state index in [1.807, 2.05) is 0 Å². The summed E-state index contributed by atoms with van der Waals surface area (Å²) < 4.78 is 41.8. The summed E-state index contributed by atoms with van der Waals surface area (Å²) >= 11 is 0. The Morgan fingerprint density at radius 3 is 2.29 bits per heavy atom. The van der Waals surface area contributed by atoms with Crippen LogP contribution in [0.5, 0.6) is 5.75 Å². The van der Waals surface area contributed by atoms with Crippen molar-refractivity contribution in [3.8, 4) is 5.75 Å². The zero-order valence-electron chi connectivity index (χ0n) is 15.1. The Balaban J connectivity index is 1.82. The summed E-state index contributed by atoms with van der Waals surface area (Å²) in [6.45, 7) is -0.0848. The second-order valence-electron chi connectivity index (χ2n) is 5.89. The molecule has 0 fully saturated rings. The van der Waals surface area contributed by atoms with Crippen LogP contribution in [-0.2, 0) is 27.6 Å². The fourth-order valence-corrected chi connectivity index (χ4v) is 3.48. The molecule has 0 spiro atoms. The quantitative estimate of drug-likeness (QED) is 0.575. The zero-order chi connectivity index (χ0) is 20.0. The summed E-state index contributed by atoms with van der Waals surface area (Å²) in [5.74, 6) is 0.132. The van der Waals surface area contributed by atoms with Gasteiger partial charge < -0.3 is 13.3 Å². The van der Waals surface area contributed by atoms with Crippen molar-refractivity contribution in [2.75, 3.05) is 7.11 Å². The summed E-state index contributed by atoms with van der Waals surface area (Å²) in [7, 11) is -2.82. The van der Waals surface area contributed by atoms with Crippen LogP contribution in [0.4, 0.5) is 0 Å². The molecule has 0 saturated heterocycles.